The molecule has 0 atom stereocenters. The predicted molar refractivity (Wildman–Crippen MR) is 527 cm³/mol. The topological polar surface area (TPSA) is 155 Å². The third-order valence-corrected chi connectivity index (χ3v) is 19.8. The molecule has 0 amide bonds. The van der Waals surface area contributed by atoms with Gasteiger partial charge >= 0.3 is 0 Å². The van der Waals surface area contributed by atoms with Crippen molar-refractivity contribution in [2.75, 3.05) is 0 Å². The van der Waals surface area contributed by atoms with Gasteiger partial charge in [-0.2, -0.15) is 0 Å². The van der Waals surface area contributed by atoms with E-state index in [4.69, 9.17) is 29.4 Å². The summed E-state index contributed by atoms with van der Waals surface area (Å²) >= 11 is 0. The van der Waals surface area contributed by atoms with E-state index in [1.807, 2.05) is 257 Å². The molecule has 0 aliphatic rings. The monoisotopic (exact) mass is 2470 g/mol. The van der Waals surface area contributed by atoms with Gasteiger partial charge in [-0.15, -0.1) is 252 Å². The molecule has 22 aromatic rings. The number of furan rings is 2. The number of nitrogens with zero attached hydrogens (tertiary/aromatic N) is 10. The summed E-state index contributed by atoms with van der Waals surface area (Å²) < 4.78 is 121. The van der Waals surface area contributed by atoms with Crippen molar-refractivity contribution >= 4 is 44.1 Å². The Morgan fingerprint density at radius 3 is 0.903 bits per heavy atom. The molecule has 0 saturated carbocycles. The molecule has 12 nitrogen and oxygen atoms in total. The zero-order valence-electron chi connectivity index (χ0n) is 87.2. The van der Waals surface area contributed by atoms with E-state index < -0.39 is 34.3 Å². The molecule has 12 aromatic heterocycles. The fraction of sp³-hybridized carbons (Fsp3) is 0.0678. The number of aryl methyl sites for hydroxylation is 8. The molecule has 0 spiro atoms. The quantitative estimate of drug-likeness (QED) is 0.120. The van der Waals surface area contributed by atoms with E-state index >= 15 is 0 Å². The summed E-state index contributed by atoms with van der Waals surface area (Å²) in [5, 5.41) is 3.95. The van der Waals surface area contributed by atoms with Crippen molar-refractivity contribution in [1.29, 1.82) is 0 Å². The number of pyridine rings is 10. The second-order valence-corrected chi connectivity index (χ2v) is 29.1. The van der Waals surface area contributed by atoms with Crippen LogP contribution in [-0.4, -0.2) is 49.8 Å². The first-order valence-electron chi connectivity index (χ1n) is 48.8. The SMILES string of the molecule is Cc1cc(-c2[c-]cccc2)ncc1-c1ccccc1.Cc1ccc2c(n1)oc1c(-c3ccccn3)[c-]ccc12.[2H]C([2H])([2H])c1ccc(-c2[c-]ccc3c2oc2nc(C)ccc23)nc1.[2H]C([2H])([2H])c1ccc(-c2[c-]cccc2)nc1.[2H]C([2H])([2H])c1ccc(-c2[c-]cccc2)nc1.[2H]C([2H])([2H])c1ccc(-c2[c-]cccc2)nc1.[2H]C([2H])([2H])c1ccc(-c2[c-]cccc2)nc1.[Ir].[Ir].[Ir].[Ir].[c-]1ccccc1-c1cc(-c2ccccc2)ccn1. The van der Waals surface area contributed by atoms with Crippen molar-refractivity contribution in [1.82, 2.24) is 49.8 Å². The van der Waals surface area contributed by atoms with Crippen molar-refractivity contribution in [3.05, 3.63) is 495 Å². The number of hydrogen-bond acceptors (Lipinski definition) is 12. The molecule has 16 heteroatoms. The number of fused-ring (bicyclic) bond motifs is 6. The average molecular weight is 2460 g/mol. The molecule has 0 N–H and O–H groups in total. The van der Waals surface area contributed by atoms with Crippen LogP contribution in [0.25, 0.3) is 156 Å². The van der Waals surface area contributed by atoms with Crippen LogP contribution in [0.3, 0.4) is 0 Å². The first kappa shape index (κ1) is 80.7. The second-order valence-electron chi connectivity index (χ2n) is 29.1. The van der Waals surface area contributed by atoms with Crippen LogP contribution in [0.5, 0.6) is 0 Å². The third kappa shape index (κ3) is 27.8. The maximum Gasteiger partial charge on any atom is 0.216 e. The zero-order chi connectivity index (χ0) is 102. The van der Waals surface area contributed by atoms with Crippen LogP contribution >= 0.6 is 0 Å². The Bertz CT molecular complexity index is 7510. The minimum atomic E-state index is -2.16. The Morgan fingerprint density at radius 2 is 0.567 bits per heavy atom. The number of aromatic nitrogens is 10. The van der Waals surface area contributed by atoms with Gasteiger partial charge in [-0.05, 0) is 187 Å². The Kier molecular flexibility index (Phi) is 30.8. The van der Waals surface area contributed by atoms with Crippen molar-refractivity contribution in [3.8, 4) is 112 Å². The molecule has 0 bridgehead atoms. The summed E-state index contributed by atoms with van der Waals surface area (Å²) in [5.74, 6) is 0. The van der Waals surface area contributed by atoms with Crippen molar-refractivity contribution in [2.24, 2.45) is 0 Å². The van der Waals surface area contributed by atoms with E-state index in [0.717, 1.165) is 117 Å². The van der Waals surface area contributed by atoms with Crippen LogP contribution in [0.2, 0.25) is 0 Å². The summed E-state index contributed by atoms with van der Waals surface area (Å²) in [5.41, 5.74) is 25.1. The van der Waals surface area contributed by atoms with Gasteiger partial charge < -0.3 is 48.7 Å². The maximum absolute atomic E-state index is 7.43. The van der Waals surface area contributed by atoms with Crippen LogP contribution < -0.4 is 0 Å². The van der Waals surface area contributed by atoms with Gasteiger partial charge in [-0.25, -0.2) is 9.97 Å². The molecule has 0 fully saturated rings. The number of hydrogen-bond donors (Lipinski definition) is 0. The minimum Gasteiger partial charge on any atom is -0.486 e. The fourth-order valence-electron chi connectivity index (χ4n) is 13.4. The minimum absolute atomic E-state index is 0. The summed E-state index contributed by atoms with van der Waals surface area (Å²) in [6.45, 7) is -4.54. The van der Waals surface area contributed by atoms with Gasteiger partial charge in [0.2, 0.25) is 11.4 Å². The Hall–Kier alpha value is -14.1. The Balaban J connectivity index is 0.000000162. The first-order valence-corrected chi connectivity index (χ1v) is 41.3. The molecule has 10 aromatic carbocycles. The Labute approximate surface area is 859 Å². The fourth-order valence-corrected chi connectivity index (χ4v) is 13.4. The molecule has 12 heterocycles. The van der Waals surface area contributed by atoms with E-state index in [9.17, 15) is 0 Å². The molecular weight excluding hydrogens is 2360 g/mol. The van der Waals surface area contributed by atoms with Crippen molar-refractivity contribution in [2.45, 2.75) is 55.0 Å². The molecule has 668 valence electrons. The Morgan fingerprint density at radius 1 is 0.239 bits per heavy atom. The zero-order valence-corrected chi connectivity index (χ0v) is 81.8. The van der Waals surface area contributed by atoms with Gasteiger partial charge in [0.1, 0.15) is 0 Å². The van der Waals surface area contributed by atoms with Gasteiger partial charge in [-0.3, -0.25) is 0 Å². The molecule has 22 rings (SSSR count). The van der Waals surface area contributed by atoms with E-state index in [0.29, 0.717) is 28.3 Å². The smallest absolute Gasteiger partial charge is 0.216 e. The standard InChI is InChI=1S/C18H13N2O.C18H14N.C17H11N2O.C17H12N.4C12H10N.4Ir/c1-11-6-9-16(19-10-11)15-5-3-4-13-14-8-7-12(2)20-18(14)21-17(13)15;1-14-12-18(16-10-6-3-7-11-16)19-13-17(14)15-8-4-2-5-9-15;1-11-8-9-13-12-5-4-6-14(15-7-2-3-10-18-15)16(12)20-17(13)19-11;1-3-7-14(8-4-1)16-11-12-18-17(13-16)15-9-5-2-6-10-15;4*1-10-7-8-12(13-9-10)11-5-3-2-4-6-11;;;;/h3-4,6-10H,1-2H3;2-10,12-13H,1H3;2-5,7-10H,1H3;1-9,11-13H;4*2-5,7-9H,1H3;;;;/q8*-1;;;;/i1D3;;;;4*1D3;;;;. The number of rotatable bonds is 10. The second kappa shape index (κ2) is 51.1. The summed E-state index contributed by atoms with van der Waals surface area (Å²) in [6.07, 6.45) is 12.5. The average Bonchev–Trinajstić information content (AvgIpc) is 1.62. The van der Waals surface area contributed by atoms with Gasteiger partial charge in [0.05, 0.1) is 11.2 Å². The summed E-state index contributed by atoms with van der Waals surface area (Å²) in [7, 11) is 0. The summed E-state index contributed by atoms with van der Waals surface area (Å²) in [4.78, 5) is 43.0. The van der Waals surface area contributed by atoms with Gasteiger partial charge in [0.15, 0.2) is 0 Å². The molecule has 0 unspecified atom stereocenters. The largest absolute Gasteiger partial charge is 0.486 e. The van der Waals surface area contributed by atoms with E-state index in [1.54, 1.807) is 91.1 Å². The van der Waals surface area contributed by atoms with E-state index in [-0.39, 0.29) is 108 Å². The van der Waals surface area contributed by atoms with Crippen molar-refractivity contribution < 1.29 is 110 Å². The van der Waals surface area contributed by atoms with Gasteiger partial charge in [0.25, 0.3) is 0 Å². The predicted octanol–water partition coefficient (Wildman–Crippen LogP) is 28.8. The van der Waals surface area contributed by atoms with Crippen LogP contribution in [0, 0.1) is 104 Å². The first-order chi connectivity index (χ1) is 69.8. The van der Waals surface area contributed by atoms with Crippen molar-refractivity contribution in [3.63, 3.8) is 0 Å². The van der Waals surface area contributed by atoms with Crippen LogP contribution in [-0.2, 0) is 80.4 Å². The third-order valence-electron chi connectivity index (χ3n) is 19.8. The van der Waals surface area contributed by atoms with Crippen LogP contribution in [0.1, 0.15) is 65.3 Å². The molecule has 134 heavy (non-hydrogen) atoms. The van der Waals surface area contributed by atoms with Crippen LogP contribution in [0.15, 0.2) is 410 Å². The molecular formula is C118H90Ir4N10O2-8. The van der Waals surface area contributed by atoms with Crippen LogP contribution in [0.4, 0.5) is 0 Å². The van der Waals surface area contributed by atoms with E-state index in [1.165, 1.54) is 58.8 Å². The van der Waals surface area contributed by atoms with Gasteiger partial charge in [0, 0.05) is 178 Å². The molecule has 0 saturated heterocycles. The summed E-state index contributed by atoms with van der Waals surface area (Å²) in [6, 6.07) is 135. The number of benzene rings is 10. The normalized spacial score (nSPS) is 12.3. The van der Waals surface area contributed by atoms with E-state index in [2.05, 4.69) is 142 Å². The molecule has 4 radical (unpaired) electrons. The molecule has 0 aliphatic heterocycles. The maximum atomic E-state index is 7.43. The molecule has 0 aliphatic carbocycles. The van der Waals surface area contributed by atoms with Gasteiger partial charge in [-0.1, -0.05) is 167 Å².